The summed E-state index contributed by atoms with van der Waals surface area (Å²) in [4.78, 5) is 9.67. The van der Waals surface area contributed by atoms with Gasteiger partial charge in [-0.25, -0.2) is 9.37 Å². The summed E-state index contributed by atoms with van der Waals surface area (Å²) < 4.78 is 18.6. The third-order valence-electron chi connectivity index (χ3n) is 3.59. The van der Waals surface area contributed by atoms with Crippen LogP contribution in [0, 0.1) is 12.7 Å². The van der Waals surface area contributed by atoms with Gasteiger partial charge in [0.15, 0.2) is 0 Å². The van der Waals surface area contributed by atoms with Gasteiger partial charge in [0.1, 0.15) is 5.82 Å². The van der Waals surface area contributed by atoms with E-state index in [4.69, 9.17) is 4.74 Å². The molecule has 2 rings (SSSR count). The number of aromatic nitrogens is 2. The minimum Gasteiger partial charge on any atom is -0.383 e. The first-order valence-corrected chi connectivity index (χ1v) is 7.06. The molecule has 1 unspecified atom stereocenters. The van der Waals surface area contributed by atoms with E-state index < -0.39 is 0 Å². The smallest absolute Gasteiger partial charge is 0.123 e. The SMILES string of the molecule is COCC(C)N(Cc1cccc(F)c1)Cc1nc[nH]c1C. The maximum absolute atomic E-state index is 13.3. The number of imidazole rings is 1. The van der Waals surface area contributed by atoms with Crippen molar-refractivity contribution in [1.29, 1.82) is 0 Å². The van der Waals surface area contributed by atoms with Gasteiger partial charge in [-0.3, -0.25) is 4.90 Å². The Morgan fingerprint density at radius 3 is 2.81 bits per heavy atom. The number of rotatable bonds is 7. The number of nitrogens with zero attached hydrogens (tertiary/aromatic N) is 2. The van der Waals surface area contributed by atoms with Crippen molar-refractivity contribution in [1.82, 2.24) is 14.9 Å². The molecule has 0 bridgehead atoms. The maximum atomic E-state index is 13.3. The van der Waals surface area contributed by atoms with Gasteiger partial charge < -0.3 is 9.72 Å². The van der Waals surface area contributed by atoms with Crippen molar-refractivity contribution in [3.8, 4) is 0 Å². The van der Waals surface area contributed by atoms with Gasteiger partial charge in [-0.05, 0) is 31.5 Å². The monoisotopic (exact) mass is 291 g/mol. The number of aryl methyl sites for hydroxylation is 1. The highest BCUT2D eigenvalue weighted by Gasteiger charge is 2.17. The van der Waals surface area contributed by atoms with Crippen molar-refractivity contribution in [2.24, 2.45) is 0 Å². The molecule has 1 N–H and O–H groups in total. The van der Waals surface area contributed by atoms with Crippen LogP contribution in [0.4, 0.5) is 4.39 Å². The van der Waals surface area contributed by atoms with Gasteiger partial charge in [0.05, 0.1) is 18.6 Å². The minimum absolute atomic E-state index is 0.206. The van der Waals surface area contributed by atoms with Gasteiger partial charge in [0.25, 0.3) is 0 Å². The maximum Gasteiger partial charge on any atom is 0.123 e. The lowest BCUT2D eigenvalue weighted by molar-refractivity contribution is 0.0885. The van der Waals surface area contributed by atoms with E-state index in [1.165, 1.54) is 6.07 Å². The summed E-state index contributed by atoms with van der Waals surface area (Å²) >= 11 is 0. The average molecular weight is 291 g/mol. The van der Waals surface area contributed by atoms with Crippen LogP contribution in [0.15, 0.2) is 30.6 Å². The van der Waals surface area contributed by atoms with E-state index in [0.29, 0.717) is 19.7 Å². The van der Waals surface area contributed by atoms with Crippen molar-refractivity contribution in [2.75, 3.05) is 13.7 Å². The third kappa shape index (κ3) is 4.37. The Morgan fingerprint density at radius 1 is 1.38 bits per heavy atom. The van der Waals surface area contributed by atoms with Crippen molar-refractivity contribution in [3.63, 3.8) is 0 Å². The highest BCUT2D eigenvalue weighted by molar-refractivity contribution is 5.17. The zero-order chi connectivity index (χ0) is 15.2. The number of hydrogen-bond donors (Lipinski definition) is 1. The highest BCUT2D eigenvalue weighted by Crippen LogP contribution is 2.15. The molecule has 1 heterocycles. The molecule has 5 heteroatoms. The second-order valence-electron chi connectivity index (χ2n) is 5.31. The Morgan fingerprint density at radius 2 is 2.19 bits per heavy atom. The molecule has 0 amide bonds. The first-order valence-electron chi connectivity index (χ1n) is 7.06. The molecular formula is C16H22FN3O. The summed E-state index contributed by atoms with van der Waals surface area (Å²) in [7, 11) is 1.69. The van der Waals surface area contributed by atoms with Crippen LogP contribution in [0.5, 0.6) is 0 Å². The molecule has 1 aromatic carbocycles. The van der Waals surface area contributed by atoms with E-state index in [2.05, 4.69) is 21.8 Å². The standard InChI is InChI=1S/C16H22FN3O/c1-12(10-21-3)20(9-16-13(2)18-11-19-16)8-14-5-4-6-15(17)7-14/h4-7,11-12H,8-10H2,1-3H3,(H,18,19). The predicted molar refractivity (Wildman–Crippen MR) is 80.3 cm³/mol. The molecule has 0 aliphatic carbocycles. The topological polar surface area (TPSA) is 41.1 Å². The summed E-state index contributed by atoms with van der Waals surface area (Å²) in [5.74, 6) is -0.206. The predicted octanol–water partition coefficient (Wildman–Crippen LogP) is 2.89. The van der Waals surface area contributed by atoms with E-state index in [0.717, 1.165) is 17.0 Å². The summed E-state index contributed by atoms with van der Waals surface area (Å²) in [5.41, 5.74) is 3.02. The highest BCUT2D eigenvalue weighted by atomic mass is 19.1. The molecule has 114 valence electrons. The van der Waals surface area contributed by atoms with E-state index in [1.807, 2.05) is 13.0 Å². The Bertz CT molecular complexity index is 570. The second kappa shape index (κ2) is 7.33. The number of aromatic amines is 1. The number of nitrogens with one attached hydrogen (secondary N) is 1. The fourth-order valence-electron chi connectivity index (χ4n) is 2.32. The number of benzene rings is 1. The minimum atomic E-state index is -0.206. The Kier molecular flexibility index (Phi) is 5.47. The van der Waals surface area contributed by atoms with Crippen LogP contribution in [-0.4, -0.2) is 34.6 Å². The van der Waals surface area contributed by atoms with E-state index in [9.17, 15) is 4.39 Å². The number of halogens is 1. The van der Waals surface area contributed by atoms with Gasteiger partial charge in [-0.2, -0.15) is 0 Å². The van der Waals surface area contributed by atoms with Crippen molar-refractivity contribution < 1.29 is 9.13 Å². The molecule has 0 saturated carbocycles. The zero-order valence-electron chi connectivity index (χ0n) is 12.8. The van der Waals surface area contributed by atoms with Crippen molar-refractivity contribution in [3.05, 3.63) is 53.4 Å². The molecule has 0 saturated heterocycles. The van der Waals surface area contributed by atoms with Gasteiger partial charge >= 0.3 is 0 Å². The van der Waals surface area contributed by atoms with E-state index in [1.54, 1.807) is 25.6 Å². The van der Waals surface area contributed by atoms with Crippen LogP contribution in [-0.2, 0) is 17.8 Å². The first kappa shape index (κ1) is 15.7. The van der Waals surface area contributed by atoms with E-state index >= 15 is 0 Å². The quantitative estimate of drug-likeness (QED) is 0.853. The molecule has 1 aromatic heterocycles. The van der Waals surface area contributed by atoms with Gasteiger partial charge in [-0.1, -0.05) is 12.1 Å². The van der Waals surface area contributed by atoms with Crippen molar-refractivity contribution in [2.45, 2.75) is 33.0 Å². The van der Waals surface area contributed by atoms with Crippen LogP contribution in [0.25, 0.3) is 0 Å². The normalized spacial score (nSPS) is 12.8. The number of ether oxygens (including phenoxy) is 1. The third-order valence-corrected chi connectivity index (χ3v) is 3.59. The summed E-state index contributed by atoms with van der Waals surface area (Å²) in [6.45, 7) is 6.10. The molecular weight excluding hydrogens is 269 g/mol. The fourth-order valence-corrected chi connectivity index (χ4v) is 2.32. The molecule has 0 spiro atoms. The number of H-pyrrole nitrogens is 1. The van der Waals surface area contributed by atoms with Crippen LogP contribution in [0.2, 0.25) is 0 Å². The van der Waals surface area contributed by atoms with Gasteiger partial charge in [-0.15, -0.1) is 0 Å². The summed E-state index contributed by atoms with van der Waals surface area (Å²) in [6, 6.07) is 6.93. The zero-order valence-corrected chi connectivity index (χ0v) is 12.8. The van der Waals surface area contributed by atoms with E-state index in [-0.39, 0.29) is 11.9 Å². The molecule has 0 aliphatic heterocycles. The Balaban J connectivity index is 2.13. The molecule has 1 atom stereocenters. The lowest BCUT2D eigenvalue weighted by Crippen LogP contribution is -2.35. The largest absolute Gasteiger partial charge is 0.383 e. The molecule has 0 aliphatic rings. The molecule has 2 aromatic rings. The molecule has 4 nitrogen and oxygen atoms in total. The van der Waals surface area contributed by atoms with Gasteiger partial charge in [0, 0.05) is 31.9 Å². The lowest BCUT2D eigenvalue weighted by atomic mass is 10.1. The average Bonchev–Trinajstić information content (AvgIpc) is 2.84. The lowest BCUT2D eigenvalue weighted by Gasteiger charge is -2.28. The van der Waals surface area contributed by atoms with Crippen LogP contribution >= 0.6 is 0 Å². The van der Waals surface area contributed by atoms with Crippen LogP contribution in [0.1, 0.15) is 23.9 Å². The summed E-state index contributed by atoms with van der Waals surface area (Å²) in [6.07, 6.45) is 1.70. The molecule has 0 radical (unpaired) electrons. The number of methoxy groups -OCH3 is 1. The second-order valence-corrected chi connectivity index (χ2v) is 5.31. The van der Waals surface area contributed by atoms with Crippen LogP contribution in [0.3, 0.4) is 0 Å². The molecule has 0 fully saturated rings. The Hall–Kier alpha value is -1.72. The van der Waals surface area contributed by atoms with Crippen molar-refractivity contribution >= 4 is 0 Å². The van der Waals surface area contributed by atoms with Gasteiger partial charge in [0.2, 0.25) is 0 Å². The number of hydrogen-bond acceptors (Lipinski definition) is 3. The Labute approximate surface area is 125 Å². The first-order chi connectivity index (χ1) is 10.1. The molecule has 21 heavy (non-hydrogen) atoms. The van der Waals surface area contributed by atoms with Crippen LogP contribution < -0.4 is 0 Å². The fraction of sp³-hybridized carbons (Fsp3) is 0.438. The summed E-state index contributed by atoms with van der Waals surface area (Å²) in [5, 5.41) is 0.